The largest absolute Gasteiger partial charge is 0.322 e. The van der Waals surface area contributed by atoms with Crippen molar-refractivity contribution < 1.29 is 4.79 Å². The Kier molecular flexibility index (Phi) is 4.00. The van der Waals surface area contributed by atoms with Crippen molar-refractivity contribution in [1.82, 2.24) is 4.57 Å². The lowest BCUT2D eigenvalue weighted by Gasteiger charge is -2.08. The number of hydrogen-bond donors (Lipinski definition) is 0. The first kappa shape index (κ1) is 13.5. The molecule has 0 fully saturated rings. The summed E-state index contributed by atoms with van der Waals surface area (Å²) in [4.78, 5) is 12.2. The van der Waals surface area contributed by atoms with Gasteiger partial charge in [-0.1, -0.05) is 29.8 Å². The van der Waals surface area contributed by atoms with Gasteiger partial charge in [0.15, 0.2) is 9.74 Å². The molecule has 0 spiro atoms. The molecule has 2 nitrogen and oxygen atoms in total. The van der Waals surface area contributed by atoms with Gasteiger partial charge in [0.25, 0.3) is 0 Å². The lowest BCUT2D eigenvalue weighted by molar-refractivity contribution is 0.102. The normalized spacial score (nSPS) is 10.6. The van der Waals surface area contributed by atoms with E-state index in [1.54, 1.807) is 6.92 Å². The van der Waals surface area contributed by atoms with Crippen LogP contribution in [0, 0.1) is 10.9 Å². The minimum atomic E-state index is 0.0570. The summed E-state index contributed by atoms with van der Waals surface area (Å²) in [5, 5.41) is 0.717. The molecule has 0 atom stereocenters. The van der Waals surface area contributed by atoms with E-state index in [4.69, 9.17) is 23.8 Å². The van der Waals surface area contributed by atoms with Crippen molar-refractivity contribution in [2.75, 3.05) is 0 Å². The van der Waals surface area contributed by atoms with Crippen molar-refractivity contribution in [2.45, 2.75) is 20.4 Å². The Balaban J connectivity index is 2.45. The molecular formula is C13H12ClNOS2. The highest BCUT2D eigenvalue weighted by Gasteiger charge is 2.13. The van der Waals surface area contributed by atoms with Crippen LogP contribution in [0.25, 0.3) is 0 Å². The molecule has 0 unspecified atom stereocenters. The van der Waals surface area contributed by atoms with Crippen molar-refractivity contribution in [1.29, 1.82) is 0 Å². The molecule has 2 rings (SSSR count). The number of nitrogens with zero attached hydrogens (tertiary/aromatic N) is 1. The van der Waals surface area contributed by atoms with Gasteiger partial charge in [0.2, 0.25) is 0 Å². The zero-order chi connectivity index (χ0) is 13.3. The first-order chi connectivity index (χ1) is 8.50. The van der Waals surface area contributed by atoms with Gasteiger partial charge in [0.05, 0.1) is 11.4 Å². The van der Waals surface area contributed by atoms with Gasteiger partial charge in [-0.25, -0.2) is 0 Å². The molecule has 0 aliphatic heterocycles. The quantitative estimate of drug-likeness (QED) is 0.615. The molecule has 94 valence electrons. The van der Waals surface area contributed by atoms with Crippen LogP contribution in [-0.4, -0.2) is 10.4 Å². The molecule has 5 heteroatoms. The smallest absolute Gasteiger partial charge is 0.171 e. The number of ketones is 1. The second kappa shape index (κ2) is 5.34. The summed E-state index contributed by atoms with van der Waals surface area (Å²) < 4.78 is 2.66. The molecule has 0 saturated heterocycles. The third kappa shape index (κ3) is 2.55. The number of hydrogen-bond acceptors (Lipinski definition) is 3. The summed E-state index contributed by atoms with van der Waals surface area (Å²) in [5.74, 6) is 0.0570. The summed E-state index contributed by atoms with van der Waals surface area (Å²) in [7, 11) is 0. The zero-order valence-electron chi connectivity index (χ0n) is 10.1. The highest BCUT2D eigenvalue weighted by molar-refractivity contribution is 7.73. The molecule has 0 amide bonds. The minimum absolute atomic E-state index is 0.0570. The summed E-state index contributed by atoms with van der Waals surface area (Å²) in [6, 6.07) is 7.66. The fraction of sp³-hybridized carbons (Fsp3) is 0.231. The third-order valence-corrected chi connectivity index (χ3v) is 4.77. The van der Waals surface area contributed by atoms with Gasteiger partial charge in [0.1, 0.15) is 0 Å². The van der Waals surface area contributed by atoms with Crippen molar-refractivity contribution >= 4 is 40.9 Å². The van der Waals surface area contributed by atoms with E-state index >= 15 is 0 Å². The van der Waals surface area contributed by atoms with Gasteiger partial charge < -0.3 is 4.57 Å². The van der Waals surface area contributed by atoms with E-state index in [1.807, 2.05) is 35.8 Å². The van der Waals surface area contributed by atoms with E-state index in [-0.39, 0.29) is 5.78 Å². The first-order valence-electron chi connectivity index (χ1n) is 5.45. The summed E-state index contributed by atoms with van der Waals surface area (Å²) in [6.45, 7) is 4.08. The van der Waals surface area contributed by atoms with E-state index in [0.29, 0.717) is 10.5 Å². The molecule has 0 aliphatic carbocycles. The fourth-order valence-electron chi connectivity index (χ4n) is 1.78. The van der Waals surface area contributed by atoms with E-state index in [9.17, 15) is 4.79 Å². The second-order valence-corrected chi connectivity index (χ2v) is 6.07. The predicted molar refractivity (Wildman–Crippen MR) is 78.4 cm³/mol. The maximum Gasteiger partial charge on any atom is 0.171 e. The van der Waals surface area contributed by atoms with Crippen molar-refractivity contribution in [3.8, 4) is 0 Å². The van der Waals surface area contributed by atoms with Gasteiger partial charge in [-0.2, -0.15) is 0 Å². The van der Waals surface area contributed by atoms with Crippen LogP contribution in [0.4, 0.5) is 0 Å². The lowest BCUT2D eigenvalue weighted by atomic mass is 10.2. The topological polar surface area (TPSA) is 22.0 Å². The maximum atomic E-state index is 11.5. The van der Waals surface area contributed by atoms with Gasteiger partial charge in [0, 0.05) is 17.6 Å². The summed E-state index contributed by atoms with van der Waals surface area (Å²) in [5.41, 5.74) is 1.92. The number of halogens is 1. The second-order valence-electron chi connectivity index (χ2n) is 4.02. The molecule has 18 heavy (non-hydrogen) atoms. The monoisotopic (exact) mass is 297 g/mol. The van der Waals surface area contributed by atoms with Crippen molar-refractivity contribution in [3.05, 3.63) is 49.4 Å². The van der Waals surface area contributed by atoms with Crippen LogP contribution >= 0.6 is 35.2 Å². The Hall–Kier alpha value is -0.970. The summed E-state index contributed by atoms with van der Waals surface area (Å²) >= 11 is 12.8. The van der Waals surface area contributed by atoms with Gasteiger partial charge >= 0.3 is 0 Å². The van der Waals surface area contributed by atoms with Crippen LogP contribution in [0.5, 0.6) is 0 Å². The average Bonchev–Trinajstić information content (AvgIpc) is 2.60. The van der Waals surface area contributed by atoms with Gasteiger partial charge in [-0.3, -0.25) is 4.79 Å². The van der Waals surface area contributed by atoms with Crippen molar-refractivity contribution in [3.63, 3.8) is 0 Å². The maximum absolute atomic E-state index is 11.5. The van der Waals surface area contributed by atoms with E-state index in [2.05, 4.69) is 0 Å². The lowest BCUT2D eigenvalue weighted by Crippen LogP contribution is -2.04. The minimum Gasteiger partial charge on any atom is -0.322 e. The van der Waals surface area contributed by atoms with E-state index < -0.39 is 0 Å². The molecule has 1 aromatic heterocycles. The predicted octanol–water partition coefficient (Wildman–Crippen LogP) is 4.49. The Labute approximate surface area is 120 Å². The Bertz CT molecular complexity index is 657. The van der Waals surface area contributed by atoms with Crippen LogP contribution in [-0.2, 0) is 6.54 Å². The molecule has 0 radical (unpaired) electrons. The number of aromatic nitrogens is 1. The number of Topliss-reactive ketones (excluding diaryl/α,β-unsaturated/α-hetero) is 1. The molecule has 0 aliphatic rings. The molecule has 1 aromatic carbocycles. The van der Waals surface area contributed by atoms with Crippen LogP contribution in [0.1, 0.15) is 27.9 Å². The van der Waals surface area contributed by atoms with Gasteiger partial charge in [-0.05, 0) is 30.8 Å². The first-order valence-corrected chi connectivity index (χ1v) is 7.05. The van der Waals surface area contributed by atoms with Gasteiger partial charge in [-0.15, -0.1) is 11.3 Å². The van der Waals surface area contributed by atoms with E-state index in [0.717, 1.165) is 21.2 Å². The standard InChI is InChI=1S/C13H12ClNOS2/c1-8-12(9(2)16)18-13(17)15(8)7-10-5-3-4-6-11(10)14/h3-6H,7H2,1-2H3. The number of benzene rings is 1. The third-order valence-electron chi connectivity index (χ3n) is 2.75. The number of thiazole rings is 1. The highest BCUT2D eigenvalue weighted by Crippen LogP contribution is 2.23. The average molecular weight is 298 g/mol. The molecule has 2 aromatic rings. The highest BCUT2D eigenvalue weighted by atomic mass is 35.5. The summed E-state index contributed by atoms with van der Waals surface area (Å²) in [6.07, 6.45) is 0. The molecule has 0 saturated carbocycles. The molecular weight excluding hydrogens is 286 g/mol. The number of carbonyl (C=O) groups is 1. The fourth-order valence-corrected chi connectivity index (χ4v) is 3.32. The SMILES string of the molecule is CC(=O)c1sc(=S)n(Cc2ccccc2Cl)c1C. The number of rotatable bonds is 3. The van der Waals surface area contributed by atoms with Crippen molar-refractivity contribution in [2.24, 2.45) is 0 Å². The Morgan fingerprint density at radius 2 is 2.11 bits per heavy atom. The Morgan fingerprint density at radius 1 is 1.44 bits per heavy atom. The van der Waals surface area contributed by atoms with E-state index in [1.165, 1.54) is 11.3 Å². The van der Waals surface area contributed by atoms with Crippen LogP contribution in [0.3, 0.4) is 0 Å². The molecule has 0 N–H and O–H groups in total. The molecule has 1 heterocycles. The Morgan fingerprint density at radius 3 is 2.67 bits per heavy atom. The van der Waals surface area contributed by atoms with Crippen LogP contribution in [0.15, 0.2) is 24.3 Å². The molecule has 0 bridgehead atoms. The number of carbonyl (C=O) groups excluding carboxylic acids is 1. The van der Waals surface area contributed by atoms with Crippen LogP contribution in [0.2, 0.25) is 5.02 Å². The zero-order valence-corrected chi connectivity index (χ0v) is 12.5. The van der Waals surface area contributed by atoms with Crippen LogP contribution < -0.4 is 0 Å².